The second-order valence-electron chi connectivity index (χ2n) is 2.54. The molecule has 72 valence electrons. The zero-order valence-electron chi connectivity index (χ0n) is 6.78. The number of para-hydroxylation sites is 1. The van der Waals surface area contributed by atoms with Gasteiger partial charge in [0.2, 0.25) is 5.28 Å². The van der Waals surface area contributed by atoms with Crippen LogP contribution >= 0.6 is 34.8 Å². The third-order valence-corrected chi connectivity index (χ3v) is 2.55. The third-order valence-electron chi connectivity index (χ3n) is 1.68. The second kappa shape index (κ2) is 3.77. The van der Waals surface area contributed by atoms with Crippen molar-refractivity contribution < 1.29 is 0 Å². The molecule has 0 N–H and O–H groups in total. The topological polar surface area (TPSA) is 30.7 Å². The molecule has 3 nitrogen and oxygen atoms in total. The average Bonchev–Trinajstić information content (AvgIpc) is 2.52. The van der Waals surface area contributed by atoms with Gasteiger partial charge in [0.05, 0.1) is 15.7 Å². The van der Waals surface area contributed by atoms with Crippen molar-refractivity contribution in [3.05, 3.63) is 39.9 Å². The Morgan fingerprint density at radius 1 is 1.07 bits per heavy atom. The van der Waals surface area contributed by atoms with Gasteiger partial charge < -0.3 is 0 Å². The molecule has 0 aliphatic rings. The van der Waals surface area contributed by atoms with Gasteiger partial charge in [-0.3, -0.25) is 4.57 Å². The Morgan fingerprint density at radius 2 is 1.71 bits per heavy atom. The molecule has 1 aromatic heterocycles. The molecular weight excluding hydrogens is 244 g/mol. The van der Waals surface area contributed by atoms with E-state index in [2.05, 4.69) is 10.2 Å². The number of benzene rings is 1. The van der Waals surface area contributed by atoms with Crippen LogP contribution in [0.2, 0.25) is 15.3 Å². The van der Waals surface area contributed by atoms with Gasteiger partial charge in [0.15, 0.2) is 0 Å². The molecule has 2 rings (SSSR count). The summed E-state index contributed by atoms with van der Waals surface area (Å²) in [6.45, 7) is 0. The van der Waals surface area contributed by atoms with Crippen molar-refractivity contribution in [2.75, 3.05) is 0 Å². The van der Waals surface area contributed by atoms with Crippen LogP contribution in [0.15, 0.2) is 24.5 Å². The van der Waals surface area contributed by atoms with Crippen molar-refractivity contribution in [2.24, 2.45) is 0 Å². The Morgan fingerprint density at radius 3 is 2.21 bits per heavy atom. The van der Waals surface area contributed by atoms with Crippen molar-refractivity contribution in [2.45, 2.75) is 0 Å². The predicted octanol–water partition coefficient (Wildman–Crippen LogP) is 3.23. The van der Waals surface area contributed by atoms with Gasteiger partial charge in [-0.1, -0.05) is 29.3 Å². The van der Waals surface area contributed by atoms with Crippen molar-refractivity contribution in [1.82, 2.24) is 14.8 Å². The fourth-order valence-corrected chi connectivity index (χ4v) is 1.84. The van der Waals surface area contributed by atoms with Crippen LogP contribution in [0.3, 0.4) is 0 Å². The molecule has 0 aliphatic heterocycles. The van der Waals surface area contributed by atoms with E-state index in [9.17, 15) is 0 Å². The number of hydrogen-bond acceptors (Lipinski definition) is 2. The first-order chi connectivity index (χ1) is 6.70. The second-order valence-corrected chi connectivity index (χ2v) is 3.69. The van der Waals surface area contributed by atoms with Crippen molar-refractivity contribution in [3.8, 4) is 5.69 Å². The minimum atomic E-state index is 0.222. The quantitative estimate of drug-likeness (QED) is 0.776. The van der Waals surface area contributed by atoms with Crippen LogP contribution < -0.4 is 0 Å². The fraction of sp³-hybridized carbons (Fsp3) is 0. The normalized spacial score (nSPS) is 10.5. The molecule has 6 heteroatoms. The number of rotatable bonds is 1. The van der Waals surface area contributed by atoms with E-state index in [-0.39, 0.29) is 5.28 Å². The first-order valence-electron chi connectivity index (χ1n) is 3.70. The number of hydrogen-bond donors (Lipinski definition) is 0. The fourth-order valence-electron chi connectivity index (χ4n) is 1.09. The summed E-state index contributed by atoms with van der Waals surface area (Å²) in [5.74, 6) is 0. The van der Waals surface area contributed by atoms with Gasteiger partial charge in [0.1, 0.15) is 6.33 Å². The van der Waals surface area contributed by atoms with E-state index < -0.39 is 0 Å². The summed E-state index contributed by atoms with van der Waals surface area (Å²) in [7, 11) is 0. The van der Waals surface area contributed by atoms with Crippen LogP contribution in [0.25, 0.3) is 5.69 Å². The van der Waals surface area contributed by atoms with Gasteiger partial charge in [-0.05, 0) is 23.7 Å². The first kappa shape index (κ1) is 9.77. The molecule has 1 aromatic carbocycles. The van der Waals surface area contributed by atoms with Gasteiger partial charge in [-0.15, -0.1) is 10.2 Å². The van der Waals surface area contributed by atoms with Crippen LogP contribution in [0.4, 0.5) is 0 Å². The van der Waals surface area contributed by atoms with E-state index in [1.165, 1.54) is 10.9 Å². The highest BCUT2D eigenvalue weighted by Gasteiger charge is 2.10. The maximum absolute atomic E-state index is 5.97. The molecule has 0 saturated carbocycles. The van der Waals surface area contributed by atoms with Gasteiger partial charge >= 0.3 is 0 Å². The lowest BCUT2D eigenvalue weighted by Gasteiger charge is -2.06. The van der Waals surface area contributed by atoms with E-state index in [0.717, 1.165) is 0 Å². The van der Waals surface area contributed by atoms with E-state index in [1.54, 1.807) is 18.2 Å². The zero-order valence-corrected chi connectivity index (χ0v) is 9.05. The Hall–Kier alpha value is -0.770. The van der Waals surface area contributed by atoms with Crippen molar-refractivity contribution in [1.29, 1.82) is 0 Å². The summed E-state index contributed by atoms with van der Waals surface area (Å²) in [4.78, 5) is 0. The summed E-state index contributed by atoms with van der Waals surface area (Å²) < 4.78 is 1.52. The largest absolute Gasteiger partial charge is 0.269 e. The minimum absolute atomic E-state index is 0.222. The number of nitrogens with zero attached hydrogens (tertiary/aromatic N) is 3. The Labute approximate surface area is 95.2 Å². The molecule has 0 radical (unpaired) electrons. The Kier molecular flexibility index (Phi) is 2.63. The van der Waals surface area contributed by atoms with Gasteiger partial charge in [0, 0.05) is 0 Å². The molecule has 14 heavy (non-hydrogen) atoms. The average molecular weight is 248 g/mol. The summed E-state index contributed by atoms with van der Waals surface area (Å²) >= 11 is 17.7. The molecule has 1 heterocycles. The highest BCUT2D eigenvalue weighted by atomic mass is 35.5. The molecule has 0 aliphatic carbocycles. The summed E-state index contributed by atoms with van der Waals surface area (Å²) in [6, 6.07) is 5.20. The van der Waals surface area contributed by atoms with Crippen LogP contribution in [0.1, 0.15) is 0 Å². The Balaban J connectivity index is 2.68. The third kappa shape index (κ3) is 1.59. The first-order valence-corrected chi connectivity index (χ1v) is 4.83. The molecule has 0 amide bonds. The van der Waals surface area contributed by atoms with Crippen molar-refractivity contribution >= 4 is 34.8 Å². The molecule has 0 atom stereocenters. The van der Waals surface area contributed by atoms with Gasteiger partial charge in [0.25, 0.3) is 0 Å². The summed E-state index contributed by atoms with van der Waals surface area (Å²) in [5, 5.41) is 8.50. The Bertz CT molecular complexity index is 446. The molecule has 0 fully saturated rings. The molecule has 0 bridgehead atoms. The monoisotopic (exact) mass is 247 g/mol. The molecule has 0 unspecified atom stereocenters. The lowest BCUT2D eigenvalue weighted by molar-refractivity contribution is 1.06. The lowest BCUT2D eigenvalue weighted by Crippen LogP contribution is -1.94. The number of aromatic nitrogens is 3. The maximum atomic E-state index is 5.97. The summed E-state index contributed by atoms with van der Waals surface area (Å²) in [6.07, 6.45) is 1.45. The van der Waals surface area contributed by atoms with Crippen LogP contribution in [-0.2, 0) is 0 Å². The van der Waals surface area contributed by atoms with Crippen LogP contribution in [0.5, 0.6) is 0 Å². The minimum Gasteiger partial charge on any atom is -0.269 e. The SMILES string of the molecule is Clc1cccc(Cl)c1-n1cnnc1Cl. The standard InChI is InChI=1S/C8H4Cl3N3/c9-5-2-1-3-6(10)7(5)14-4-12-13-8(14)11/h1-4H. The maximum Gasteiger partial charge on any atom is 0.229 e. The molecule has 2 aromatic rings. The lowest BCUT2D eigenvalue weighted by atomic mass is 10.3. The summed E-state index contributed by atoms with van der Waals surface area (Å²) in [5.41, 5.74) is 0.589. The molecule has 0 spiro atoms. The van der Waals surface area contributed by atoms with E-state index in [1.807, 2.05) is 0 Å². The highest BCUT2D eigenvalue weighted by molar-refractivity contribution is 6.38. The van der Waals surface area contributed by atoms with Gasteiger partial charge in [-0.2, -0.15) is 0 Å². The van der Waals surface area contributed by atoms with E-state index in [0.29, 0.717) is 15.7 Å². The van der Waals surface area contributed by atoms with Crippen molar-refractivity contribution in [3.63, 3.8) is 0 Å². The zero-order chi connectivity index (χ0) is 10.1. The predicted molar refractivity (Wildman–Crippen MR) is 56.4 cm³/mol. The van der Waals surface area contributed by atoms with Gasteiger partial charge in [-0.25, -0.2) is 0 Å². The number of halogens is 3. The van der Waals surface area contributed by atoms with Crippen LogP contribution in [-0.4, -0.2) is 14.8 Å². The van der Waals surface area contributed by atoms with Crippen LogP contribution in [0, 0.1) is 0 Å². The van der Waals surface area contributed by atoms with E-state index >= 15 is 0 Å². The molecular formula is C8H4Cl3N3. The molecule has 0 saturated heterocycles. The highest BCUT2D eigenvalue weighted by Crippen LogP contribution is 2.29. The van der Waals surface area contributed by atoms with E-state index in [4.69, 9.17) is 34.8 Å². The smallest absolute Gasteiger partial charge is 0.229 e.